The summed E-state index contributed by atoms with van der Waals surface area (Å²) in [5.74, 6) is -2.38. The van der Waals surface area contributed by atoms with Crippen molar-refractivity contribution in [3.05, 3.63) is 65.2 Å². The zero-order valence-corrected chi connectivity index (χ0v) is 19.8. The Morgan fingerprint density at radius 2 is 1.68 bits per heavy atom. The minimum absolute atomic E-state index is 0.0443. The molecule has 184 valence electrons. The molecule has 2 amide bonds. The maximum absolute atomic E-state index is 13.6. The quantitative estimate of drug-likeness (QED) is 0.553. The zero-order chi connectivity index (χ0) is 24.7. The van der Waals surface area contributed by atoms with E-state index in [0.29, 0.717) is 25.8 Å². The van der Waals surface area contributed by atoms with Crippen molar-refractivity contribution >= 4 is 21.8 Å². The first-order valence-corrected chi connectivity index (χ1v) is 12.7. The fourth-order valence-electron chi connectivity index (χ4n) is 3.98. The topological polar surface area (TPSA) is 95.6 Å². The number of halogens is 2. The van der Waals surface area contributed by atoms with Gasteiger partial charge in [-0.15, -0.1) is 0 Å². The van der Waals surface area contributed by atoms with Gasteiger partial charge in [-0.2, -0.15) is 4.31 Å². The van der Waals surface area contributed by atoms with E-state index in [1.54, 1.807) is 12.1 Å². The smallest absolute Gasteiger partial charge is 0.309 e. The highest BCUT2D eigenvalue weighted by atomic mass is 32.2. The second-order valence-electron chi connectivity index (χ2n) is 8.35. The van der Waals surface area contributed by atoms with Gasteiger partial charge < -0.3 is 10.6 Å². The van der Waals surface area contributed by atoms with E-state index in [-0.39, 0.29) is 35.4 Å². The Kier molecular flexibility index (Phi) is 8.73. The maximum atomic E-state index is 13.6. The summed E-state index contributed by atoms with van der Waals surface area (Å²) in [4.78, 5) is 24.2. The number of rotatable bonds is 8. The summed E-state index contributed by atoms with van der Waals surface area (Å²) in [5, 5.41) is 5.06. The molecule has 0 unspecified atom stereocenters. The molecule has 10 heteroatoms. The highest BCUT2D eigenvalue weighted by Crippen LogP contribution is 2.27. The number of amides is 2. The zero-order valence-electron chi connectivity index (χ0n) is 19.0. The van der Waals surface area contributed by atoms with Crippen molar-refractivity contribution in [3.63, 3.8) is 0 Å². The van der Waals surface area contributed by atoms with E-state index in [1.807, 2.05) is 0 Å². The van der Waals surface area contributed by atoms with Gasteiger partial charge in [0.15, 0.2) is 0 Å². The molecule has 2 aromatic rings. The number of piperidine rings is 1. The minimum atomic E-state index is -3.81. The maximum Gasteiger partial charge on any atom is 0.309 e. The molecule has 3 rings (SSSR count). The number of carbonyl (C=O) groups is 2. The van der Waals surface area contributed by atoms with Crippen LogP contribution in [-0.2, 0) is 26.0 Å². The summed E-state index contributed by atoms with van der Waals surface area (Å²) in [6.45, 7) is 2.23. The molecule has 0 spiro atoms. The average Bonchev–Trinajstić information content (AvgIpc) is 2.82. The lowest BCUT2D eigenvalue weighted by Gasteiger charge is -2.34. The average molecular weight is 494 g/mol. The van der Waals surface area contributed by atoms with Gasteiger partial charge in [0.2, 0.25) is 10.0 Å². The highest BCUT2D eigenvalue weighted by Gasteiger charge is 2.33. The lowest BCUT2D eigenvalue weighted by Crippen LogP contribution is -2.46. The van der Waals surface area contributed by atoms with E-state index in [4.69, 9.17) is 0 Å². The molecule has 2 aromatic carbocycles. The molecule has 1 atom stereocenters. The molecule has 0 radical (unpaired) electrons. The van der Waals surface area contributed by atoms with E-state index < -0.39 is 27.7 Å². The van der Waals surface area contributed by atoms with Gasteiger partial charge in [-0.25, -0.2) is 17.2 Å². The van der Waals surface area contributed by atoms with Crippen molar-refractivity contribution in [2.45, 2.75) is 50.0 Å². The predicted octanol–water partition coefficient (Wildman–Crippen LogP) is 2.68. The molecule has 0 bridgehead atoms. The van der Waals surface area contributed by atoms with E-state index in [1.165, 1.54) is 35.5 Å². The number of carbonyl (C=O) groups excluding carboxylic acids is 2. The summed E-state index contributed by atoms with van der Waals surface area (Å²) >= 11 is 0. The number of hydrogen-bond acceptors (Lipinski definition) is 4. The molecule has 1 fully saturated rings. The largest absolute Gasteiger partial charge is 0.348 e. The molecule has 2 N–H and O–H groups in total. The van der Waals surface area contributed by atoms with Crippen molar-refractivity contribution in [3.8, 4) is 0 Å². The van der Waals surface area contributed by atoms with Crippen LogP contribution in [0.1, 0.15) is 36.8 Å². The van der Waals surface area contributed by atoms with Crippen LogP contribution in [0.25, 0.3) is 0 Å². The predicted molar refractivity (Wildman–Crippen MR) is 123 cm³/mol. The molecule has 0 aromatic heterocycles. The van der Waals surface area contributed by atoms with Crippen LogP contribution in [0.3, 0.4) is 0 Å². The van der Waals surface area contributed by atoms with Crippen molar-refractivity contribution in [2.75, 3.05) is 19.6 Å². The van der Waals surface area contributed by atoms with E-state index >= 15 is 0 Å². The Hall–Kier alpha value is -2.85. The van der Waals surface area contributed by atoms with Crippen LogP contribution in [0.15, 0.2) is 47.4 Å². The normalized spacial score (nSPS) is 16.7. The molecule has 1 saturated heterocycles. The fraction of sp³-hybridized carbons (Fsp3) is 0.417. The second kappa shape index (κ2) is 11.5. The van der Waals surface area contributed by atoms with Crippen LogP contribution >= 0.6 is 0 Å². The molecule has 0 saturated carbocycles. The first-order chi connectivity index (χ1) is 16.2. The van der Waals surface area contributed by atoms with Crippen LogP contribution in [0.4, 0.5) is 8.78 Å². The fourth-order valence-corrected chi connectivity index (χ4v) is 5.79. The van der Waals surface area contributed by atoms with Crippen LogP contribution in [-0.4, -0.2) is 50.2 Å². The summed E-state index contributed by atoms with van der Waals surface area (Å²) in [7, 11) is -3.81. The molecule has 7 nitrogen and oxygen atoms in total. The standard InChI is InChI=1S/C24H29F2N3O4S/c1-17-16-21(9-10-22(17)26)34(32,33)29-15-3-2-4-20(29)12-14-28-24(31)23(30)27-13-11-18-5-7-19(25)8-6-18/h5-10,16,20H,2-4,11-15H2,1H3,(H,27,30)(H,28,31)/t20-/m1/s1. The van der Waals surface area contributed by atoms with Gasteiger partial charge in [0.25, 0.3) is 0 Å². The first-order valence-electron chi connectivity index (χ1n) is 11.3. The number of nitrogens with zero attached hydrogens (tertiary/aromatic N) is 1. The summed E-state index contributed by atoms with van der Waals surface area (Å²) in [6, 6.07) is 9.29. The Balaban J connectivity index is 1.49. The van der Waals surface area contributed by atoms with Crippen molar-refractivity contribution in [1.29, 1.82) is 0 Å². The summed E-state index contributed by atoms with van der Waals surface area (Å²) in [6.07, 6.45) is 3.03. The van der Waals surface area contributed by atoms with Gasteiger partial charge in [0.05, 0.1) is 4.90 Å². The van der Waals surface area contributed by atoms with Gasteiger partial charge in [0.1, 0.15) is 11.6 Å². The van der Waals surface area contributed by atoms with Crippen LogP contribution < -0.4 is 10.6 Å². The number of sulfonamides is 1. The lowest BCUT2D eigenvalue weighted by molar-refractivity contribution is -0.139. The number of benzene rings is 2. The molecular weight excluding hydrogens is 464 g/mol. The molecule has 34 heavy (non-hydrogen) atoms. The highest BCUT2D eigenvalue weighted by molar-refractivity contribution is 7.89. The Bertz CT molecular complexity index is 1120. The third-order valence-electron chi connectivity index (χ3n) is 5.89. The van der Waals surface area contributed by atoms with Crippen molar-refractivity contribution in [2.24, 2.45) is 0 Å². The molecule has 0 aliphatic carbocycles. The monoisotopic (exact) mass is 493 g/mol. The van der Waals surface area contributed by atoms with Gasteiger partial charge in [-0.05, 0) is 74.1 Å². The van der Waals surface area contributed by atoms with Gasteiger partial charge in [-0.1, -0.05) is 18.6 Å². The Morgan fingerprint density at radius 3 is 2.35 bits per heavy atom. The summed E-state index contributed by atoms with van der Waals surface area (Å²) < 4.78 is 54.2. The minimum Gasteiger partial charge on any atom is -0.348 e. The first kappa shape index (κ1) is 25.8. The van der Waals surface area contributed by atoms with Gasteiger partial charge >= 0.3 is 11.8 Å². The molecule has 1 aliphatic rings. The Labute approximate surface area is 198 Å². The third kappa shape index (κ3) is 6.60. The molecule has 1 heterocycles. The molecular formula is C24H29F2N3O4S. The van der Waals surface area contributed by atoms with Gasteiger partial charge in [0, 0.05) is 25.7 Å². The molecule has 1 aliphatic heterocycles. The third-order valence-corrected chi connectivity index (χ3v) is 7.84. The number of hydrogen-bond donors (Lipinski definition) is 2. The number of aryl methyl sites for hydroxylation is 1. The second-order valence-corrected chi connectivity index (χ2v) is 10.2. The summed E-state index contributed by atoms with van der Waals surface area (Å²) in [5.41, 5.74) is 1.09. The SMILES string of the molecule is Cc1cc(S(=O)(=O)N2CCCC[C@@H]2CCNC(=O)C(=O)NCCc2ccc(F)cc2)ccc1F. The van der Waals surface area contributed by atoms with E-state index in [0.717, 1.165) is 24.5 Å². The lowest BCUT2D eigenvalue weighted by atomic mass is 10.0. The van der Waals surface area contributed by atoms with Gasteiger partial charge in [-0.3, -0.25) is 9.59 Å². The van der Waals surface area contributed by atoms with Crippen LogP contribution in [0.5, 0.6) is 0 Å². The van der Waals surface area contributed by atoms with E-state index in [2.05, 4.69) is 10.6 Å². The van der Waals surface area contributed by atoms with Crippen molar-refractivity contribution < 1.29 is 26.8 Å². The number of nitrogens with one attached hydrogen (secondary N) is 2. The van der Waals surface area contributed by atoms with E-state index in [9.17, 15) is 26.8 Å². The van der Waals surface area contributed by atoms with Crippen LogP contribution in [0, 0.1) is 18.6 Å². The Morgan fingerprint density at radius 1 is 1.00 bits per heavy atom. The van der Waals surface area contributed by atoms with Crippen molar-refractivity contribution in [1.82, 2.24) is 14.9 Å². The van der Waals surface area contributed by atoms with Crippen LogP contribution in [0.2, 0.25) is 0 Å².